The maximum Gasteiger partial charge on any atom is 0.311 e. The van der Waals surface area contributed by atoms with Crippen LogP contribution in [0.5, 0.6) is 0 Å². The Morgan fingerprint density at radius 2 is 1.16 bits per heavy atom. The van der Waals surface area contributed by atoms with Crippen molar-refractivity contribution in [3.05, 3.63) is 48.3 Å². The van der Waals surface area contributed by atoms with E-state index in [0.717, 1.165) is 0 Å². The van der Waals surface area contributed by atoms with Gasteiger partial charge in [0.1, 0.15) is 12.2 Å². The highest BCUT2D eigenvalue weighted by molar-refractivity contribution is 9.26. The van der Waals surface area contributed by atoms with E-state index in [1.54, 1.807) is 35.8 Å². The van der Waals surface area contributed by atoms with Crippen LogP contribution in [0, 0.1) is 23.7 Å². The van der Waals surface area contributed by atoms with Gasteiger partial charge < -0.3 is 39.0 Å². The van der Waals surface area contributed by atoms with Crippen molar-refractivity contribution in [2.24, 2.45) is 23.7 Å². The molecule has 7 aliphatic heterocycles. The Bertz CT molecular complexity index is 1410. The van der Waals surface area contributed by atoms with Crippen LogP contribution in [0.2, 0.25) is 0 Å². The molecule has 12 nitrogen and oxygen atoms in total. The number of ether oxygens (including phenoxy) is 4. The smallest absolute Gasteiger partial charge is 0.311 e. The number of hydrogen-bond donors (Lipinski definition) is 2. The molecule has 7 unspecified atom stereocenters. The van der Waals surface area contributed by atoms with Gasteiger partial charge in [-0.3, -0.25) is 19.2 Å². The topological polar surface area (TPSA) is 152 Å². The summed E-state index contributed by atoms with van der Waals surface area (Å²) in [6, 6.07) is -1.69. The molecule has 2 bridgehead atoms. The molecule has 5 saturated heterocycles. The summed E-state index contributed by atoms with van der Waals surface area (Å²) >= 11 is 0. The first-order chi connectivity index (χ1) is 23.8. The molecule has 274 valence electrons. The molecule has 5 fully saturated rings. The molecule has 0 saturated carbocycles. The Balaban J connectivity index is 1.35. The highest BCUT2D eigenvalue weighted by atomic mass is 33.7. The van der Waals surface area contributed by atoms with E-state index in [9.17, 15) is 19.8 Å². The van der Waals surface area contributed by atoms with E-state index in [-0.39, 0.29) is 36.5 Å². The maximum atomic E-state index is 15.2. The fraction of sp³-hybridized carbons (Fsp3) is 0.647. The van der Waals surface area contributed by atoms with Crippen LogP contribution in [-0.4, -0.2) is 90.0 Å². The molecule has 0 aromatic rings. The average molecular weight is 769 g/mol. The number of amides is 2. The van der Waals surface area contributed by atoms with Crippen molar-refractivity contribution in [3.8, 4) is 0 Å². The molecule has 50 heavy (non-hydrogen) atoms. The van der Waals surface area contributed by atoms with Gasteiger partial charge in [-0.2, -0.15) is 0 Å². The minimum absolute atomic E-state index is 0.110. The second-order valence-corrected chi connectivity index (χ2v) is 20.1. The van der Waals surface area contributed by atoms with Crippen molar-refractivity contribution in [1.29, 1.82) is 0 Å². The van der Waals surface area contributed by atoms with Gasteiger partial charge in [-0.05, 0) is 90.2 Å². The second kappa shape index (κ2) is 14.6. The van der Waals surface area contributed by atoms with E-state index in [0.29, 0.717) is 24.0 Å². The quantitative estimate of drug-likeness (QED) is 0.225. The maximum absolute atomic E-state index is 15.2. The number of rotatable bonds is 10. The summed E-state index contributed by atoms with van der Waals surface area (Å²) in [7, 11) is 5.32. The van der Waals surface area contributed by atoms with E-state index in [4.69, 9.17) is 18.9 Å². The van der Waals surface area contributed by atoms with Crippen LogP contribution in [0.3, 0.4) is 0 Å². The van der Waals surface area contributed by atoms with Crippen LogP contribution >= 0.6 is 41.2 Å². The fourth-order valence-corrected chi connectivity index (χ4v) is 15.2. The minimum Gasteiger partial charge on any atom is -0.473 e. The van der Waals surface area contributed by atoms with Crippen molar-refractivity contribution in [2.75, 3.05) is 0 Å². The summed E-state index contributed by atoms with van der Waals surface area (Å²) in [5.74, 6) is -3.84. The molecule has 7 aliphatic rings. The van der Waals surface area contributed by atoms with Crippen LogP contribution < -0.4 is 0 Å². The molecule has 7 rings (SSSR count). The summed E-state index contributed by atoms with van der Waals surface area (Å²) in [6.07, 6.45) is 6.72. The third kappa shape index (κ3) is 6.08. The lowest BCUT2D eigenvalue weighted by Gasteiger charge is -2.55. The Kier molecular flexibility index (Phi) is 11.0. The van der Waals surface area contributed by atoms with Crippen LogP contribution in [-0.2, 0) is 38.1 Å². The Morgan fingerprint density at radius 1 is 0.780 bits per heavy atom. The molecule has 2 amide bonds. The first kappa shape index (κ1) is 37.5. The number of carbonyl (C=O) groups is 4. The standard InChI is InChI=1S/C34H44N2O10S4/c1-7-17(3)27(37)19(5)29(39)45-23-9-11-43-15-21-13-33-32(42)36-26-22(14-34(36,48-50-49-47-33)31(41)35(33)25(21)23)16-44-12-10-24(26)46-30(40)20(6)28(38)18(4)8-2/h9-12,15-20,23-28,37-38H,7-8,13-14H2,1-6H3/t17?,18?,19?,20?,23-,24-,25-,26-,27?,28?,33+,34?/m0/s1. The van der Waals surface area contributed by atoms with Gasteiger partial charge in [0.2, 0.25) is 0 Å². The van der Waals surface area contributed by atoms with Crippen molar-refractivity contribution in [1.82, 2.24) is 9.80 Å². The highest BCUT2D eigenvalue weighted by Gasteiger charge is 2.75. The number of piperazine rings is 1. The first-order valence-electron chi connectivity index (χ1n) is 17.0. The summed E-state index contributed by atoms with van der Waals surface area (Å²) in [6.45, 7) is 10.8. The lowest BCUT2D eigenvalue weighted by molar-refractivity contribution is -0.174. The number of fused-ring (bicyclic) bond motifs is 5. The van der Waals surface area contributed by atoms with Gasteiger partial charge in [0.25, 0.3) is 11.8 Å². The molecule has 0 aliphatic carbocycles. The number of nitrogens with zero attached hydrogens (tertiary/aromatic N) is 2. The van der Waals surface area contributed by atoms with E-state index in [1.165, 1.54) is 66.3 Å². The zero-order valence-electron chi connectivity index (χ0n) is 28.8. The van der Waals surface area contributed by atoms with Crippen molar-refractivity contribution >= 4 is 65.0 Å². The van der Waals surface area contributed by atoms with Crippen LogP contribution in [0.15, 0.2) is 48.3 Å². The van der Waals surface area contributed by atoms with Gasteiger partial charge in [-0.25, -0.2) is 0 Å². The summed E-state index contributed by atoms with van der Waals surface area (Å²) in [5.41, 5.74) is 1.23. The summed E-state index contributed by atoms with van der Waals surface area (Å²) in [4.78, 5) is 57.6. The van der Waals surface area contributed by atoms with Gasteiger partial charge in [0.05, 0.1) is 61.2 Å². The molecule has 0 radical (unpaired) electrons. The van der Waals surface area contributed by atoms with Crippen molar-refractivity contribution in [3.63, 3.8) is 0 Å². The predicted molar refractivity (Wildman–Crippen MR) is 192 cm³/mol. The number of carbonyl (C=O) groups excluding carboxylic acids is 4. The average Bonchev–Trinajstić information content (AvgIpc) is 3.46. The third-order valence-electron chi connectivity index (χ3n) is 10.9. The SMILES string of the molecule is CCC(C)C(O)C(C)C(=O)O[C@H]1C=COC=C2CC34SSSS[C@]5(CC6=COC=C[C@H](OC(=O)C(C)C(O)C(C)CC)[C@H]6N5C3=O)C(=O)N4[C@@H]21. The van der Waals surface area contributed by atoms with E-state index >= 15 is 9.59 Å². The zero-order valence-corrected chi connectivity index (χ0v) is 32.0. The lowest BCUT2D eigenvalue weighted by Crippen LogP contribution is -2.74. The Hall–Kier alpha value is -2.24. The van der Waals surface area contributed by atoms with E-state index in [2.05, 4.69) is 0 Å². The molecule has 0 aromatic carbocycles. The largest absolute Gasteiger partial charge is 0.473 e. The van der Waals surface area contributed by atoms with Crippen molar-refractivity contribution in [2.45, 2.75) is 113 Å². The highest BCUT2D eigenvalue weighted by Crippen LogP contribution is 2.69. The normalized spacial score (nSPS) is 34.7. The Labute approximate surface area is 307 Å². The van der Waals surface area contributed by atoms with Gasteiger partial charge in [-0.15, -0.1) is 0 Å². The lowest BCUT2D eigenvalue weighted by atomic mass is 9.91. The van der Waals surface area contributed by atoms with Crippen LogP contribution in [0.4, 0.5) is 0 Å². The molecular weight excluding hydrogens is 725 g/mol. The monoisotopic (exact) mass is 768 g/mol. The number of aliphatic hydroxyl groups excluding tert-OH is 2. The number of esters is 2. The third-order valence-corrected chi connectivity index (χ3v) is 18.2. The van der Waals surface area contributed by atoms with E-state index < -0.39 is 70.0 Å². The molecule has 7 heterocycles. The van der Waals surface area contributed by atoms with Crippen LogP contribution in [0.1, 0.15) is 67.2 Å². The zero-order chi connectivity index (χ0) is 36.1. The van der Waals surface area contributed by atoms with Crippen molar-refractivity contribution < 1.29 is 48.3 Å². The number of hydrogen-bond acceptors (Lipinski definition) is 14. The van der Waals surface area contributed by atoms with Gasteiger partial charge in [0.15, 0.2) is 9.74 Å². The summed E-state index contributed by atoms with van der Waals surface area (Å²) < 4.78 is 23.4. The molecule has 0 aromatic heterocycles. The molecule has 2 spiro atoms. The van der Waals surface area contributed by atoms with Crippen LogP contribution in [0.25, 0.3) is 0 Å². The van der Waals surface area contributed by atoms with Gasteiger partial charge in [0, 0.05) is 12.8 Å². The second-order valence-electron chi connectivity index (χ2n) is 13.9. The minimum atomic E-state index is -1.43. The van der Waals surface area contributed by atoms with Gasteiger partial charge >= 0.3 is 11.9 Å². The van der Waals surface area contributed by atoms with E-state index in [1.807, 2.05) is 27.7 Å². The van der Waals surface area contributed by atoms with Gasteiger partial charge in [-0.1, -0.05) is 40.5 Å². The first-order valence-corrected chi connectivity index (χ1v) is 21.8. The predicted octanol–water partition coefficient (Wildman–Crippen LogP) is 5.05. The molecule has 16 heteroatoms. The Morgan fingerprint density at radius 3 is 1.52 bits per heavy atom. The fourth-order valence-electron chi connectivity index (χ4n) is 7.46. The molecule has 12 atom stereocenters. The molecular formula is C34H44N2O10S4. The number of aliphatic hydroxyl groups is 2. The molecule has 2 N–H and O–H groups in total. The summed E-state index contributed by atoms with van der Waals surface area (Å²) in [5, 5.41) is 21.6.